The van der Waals surface area contributed by atoms with Crippen LogP contribution in [0.25, 0.3) is 0 Å². The van der Waals surface area contributed by atoms with Crippen LogP contribution in [0.3, 0.4) is 0 Å². The van der Waals surface area contributed by atoms with Crippen molar-refractivity contribution in [2.24, 2.45) is 0 Å². The minimum Gasteiger partial charge on any atom is -0.352 e. The summed E-state index contributed by atoms with van der Waals surface area (Å²) in [6, 6.07) is 18.4. The first kappa shape index (κ1) is 31.7. The van der Waals surface area contributed by atoms with E-state index in [9.17, 15) is 18.0 Å². The number of anilines is 1. The number of nitrogens with zero attached hydrogens (tertiary/aromatic N) is 2. The topological polar surface area (TPSA) is 86.8 Å². The van der Waals surface area contributed by atoms with Crippen molar-refractivity contribution in [1.82, 2.24) is 10.2 Å². The molecule has 3 rings (SSSR count). The number of amides is 2. The molecule has 0 saturated heterocycles. The quantitative estimate of drug-likeness (QED) is 0.270. The van der Waals surface area contributed by atoms with Gasteiger partial charge in [0.15, 0.2) is 0 Å². The third-order valence-corrected chi connectivity index (χ3v) is 8.39. The lowest BCUT2D eigenvalue weighted by atomic mass is 10.0. The van der Waals surface area contributed by atoms with Crippen molar-refractivity contribution in [1.29, 1.82) is 0 Å². The molecule has 0 radical (unpaired) electrons. The molecule has 0 aliphatic rings. The molecule has 1 atom stereocenters. The Kier molecular flexibility index (Phi) is 10.9. The standard InChI is InChI=1S/C29H32Cl3N3O4S/c1-19(2)33-29(37)27(14-21-11-6-5-7-12-21)34(17-22-13-9-8-10-20(22)3)28(36)18-35(40(4,38)39)26-16-24(31)23(30)15-25(26)32/h5-13,15-16,19,27H,14,17-18H2,1-4H3,(H,33,37)/t27-/m1/s1. The van der Waals surface area contributed by atoms with E-state index in [2.05, 4.69) is 5.32 Å². The van der Waals surface area contributed by atoms with E-state index in [1.807, 2.05) is 75.4 Å². The summed E-state index contributed by atoms with van der Waals surface area (Å²) in [5.74, 6) is -0.935. The summed E-state index contributed by atoms with van der Waals surface area (Å²) >= 11 is 18.6. The lowest BCUT2D eigenvalue weighted by Crippen LogP contribution is -2.54. The first-order chi connectivity index (χ1) is 18.8. The molecule has 0 heterocycles. The fourth-order valence-corrected chi connectivity index (χ4v) is 5.75. The second kappa shape index (κ2) is 13.7. The highest BCUT2D eigenvalue weighted by atomic mass is 35.5. The fraction of sp³-hybridized carbons (Fsp3) is 0.310. The molecule has 40 heavy (non-hydrogen) atoms. The SMILES string of the molecule is Cc1ccccc1CN(C(=O)CN(c1cc(Cl)c(Cl)cc1Cl)S(C)(=O)=O)[C@H](Cc1ccccc1)C(=O)NC(C)C. The van der Waals surface area contributed by atoms with Gasteiger partial charge in [-0.3, -0.25) is 13.9 Å². The summed E-state index contributed by atoms with van der Waals surface area (Å²) < 4.78 is 26.7. The molecular weight excluding hydrogens is 593 g/mol. The van der Waals surface area contributed by atoms with Gasteiger partial charge in [0.25, 0.3) is 0 Å². The number of carbonyl (C=O) groups excluding carboxylic acids is 2. The summed E-state index contributed by atoms with van der Waals surface area (Å²) in [7, 11) is -4.00. The highest BCUT2D eigenvalue weighted by molar-refractivity contribution is 7.92. The molecule has 0 aliphatic heterocycles. The van der Waals surface area contributed by atoms with Crippen molar-refractivity contribution in [2.45, 2.75) is 45.8 Å². The first-order valence-corrected chi connectivity index (χ1v) is 15.6. The zero-order chi connectivity index (χ0) is 29.6. The van der Waals surface area contributed by atoms with Crippen LogP contribution in [0.2, 0.25) is 15.1 Å². The maximum absolute atomic E-state index is 14.1. The van der Waals surface area contributed by atoms with Crippen LogP contribution in [-0.4, -0.2) is 50.0 Å². The molecule has 2 amide bonds. The number of halogens is 3. The molecule has 11 heteroatoms. The van der Waals surface area contributed by atoms with E-state index in [-0.39, 0.29) is 45.7 Å². The summed E-state index contributed by atoms with van der Waals surface area (Å²) in [6.45, 7) is 5.06. The maximum atomic E-state index is 14.1. The van der Waals surface area contributed by atoms with Gasteiger partial charge < -0.3 is 10.2 Å². The Hall–Kier alpha value is -2.78. The predicted molar refractivity (Wildman–Crippen MR) is 163 cm³/mol. The molecule has 0 spiro atoms. The van der Waals surface area contributed by atoms with Gasteiger partial charge in [0.05, 0.1) is 27.0 Å². The number of rotatable bonds is 11. The Morgan fingerprint density at radius 1 is 0.900 bits per heavy atom. The minimum atomic E-state index is -4.00. The second-order valence-electron chi connectivity index (χ2n) is 9.80. The summed E-state index contributed by atoms with van der Waals surface area (Å²) in [5, 5.41) is 3.15. The highest BCUT2D eigenvalue weighted by Gasteiger charge is 2.34. The summed E-state index contributed by atoms with van der Waals surface area (Å²) in [4.78, 5) is 29.1. The molecule has 0 aliphatic carbocycles. The molecule has 1 N–H and O–H groups in total. The monoisotopic (exact) mass is 623 g/mol. The Morgan fingerprint density at radius 3 is 2.10 bits per heavy atom. The van der Waals surface area contributed by atoms with Crippen LogP contribution in [-0.2, 0) is 32.6 Å². The first-order valence-electron chi connectivity index (χ1n) is 12.6. The van der Waals surface area contributed by atoms with Gasteiger partial charge in [-0.2, -0.15) is 0 Å². The molecule has 0 unspecified atom stereocenters. The maximum Gasteiger partial charge on any atom is 0.244 e. The third kappa shape index (κ3) is 8.36. The van der Waals surface area contributed by atoms with E-state index < -0.39 is 28.5 Å². The Morgan fingerprint density at radius 2 is 1.50 bits per heavy atom. The van der Waals surface area contributed by atoms with Crippen molar-refractivity contribution >= 4 is 62.3 Å². The zero-order valence-corrected chi connectivity index (χ0v) is 25.8. The largest absolute Gasteiger partial charge is 0.352 e. The number of carbonyl (C=O) groups is 2. The lowest BCUT2D eigenvalue weighted by molar-refractivity contribution is -0.140. The number of sulfonamides is 1. The van der Waals surface area contributed by atoms with Crippen LogP contribution in [0.15, 0.2) is 66.7 Å². The average molecular weight is 625 g/mol. The van der Waals surface area contributed by atoms with Crippen molar-refractivity contribution in [3.05, 3.63) is 98.5 Å². The normalized spacial score (nSPS) is 12.2. The van der Waals surface area contributed by atoms with Crippen LogP contribution >= 0.6 is 34.8 Å². The van der Waals surface area contributed by atoms with Gasteiger partial charge in [0.2, 0.25) is 21.8 Å². The van der Waals surface area contributed by atoms with Crippen LogP contribution in [0.1, 0.15) is 30.5 Å². The molecule has 0 bridgehead atoms. The molecule has 0 saturated carbocycles. The summed E-state index contributed by atoms with van der Waals surface area (Å²) in [6.07, 6.45) is 1.20. The number of aryl methyl sites for hydroxylation is 1. The molecule has 214 valence electrons. The van der Waals surface area contributed by atoms with Gasteiger partial charge in [0, 0.05) is 19.0 Å². The van der Waals surface area contributed by atoms with Gasteiger partial charge in [-0.15, -0.1) is 0 Å². The van der Waals surface area contributed by atoms with Crippen molar-refractivity contribution in [2.75, 3.05) is 17.1 Å². The van der Waals surface area contributed by atoms with Crippen LogP contribution in [0.4, 0.5) is 5.69 Å². The third-order valence-electron chi connectivity index (χ3n) is 6.24. The highest BCUT2D eigenvalue weighted by Crippen LogP contribution is 2.35. The van der Waals surface area contributed by atoms with E-state index in [4.69, 9.17) is 34.8 Å². The second-order valence-corrected chi connectivity index (χ2v) is 12.9. The van der Waals surface area contributed by atoms with E-state index in [0.717, 1.165) is 27.3 Å². The molecule has 3 aromatic rings. The zero-order valence-electron chi connectivity index (χ0n) is 22.7. The van der Waals surface area contributed by atoms with Crippen molar-refractivity contribution in [3.8, 4) is 0 Å². The molecule has 3 aromatic carbocycles. The fourth-order valence-electron chi connectivity index (χ4n) is 4.20. The number of hydrogen-bond donors (Lipinski definition) is 1. The van der Waals surface area contributed by atoms with Crippen molar-refractivity contribution in [3.63, 3.8) is 0 Å². The Labute approximate surface area is 251 Å². The van der Waals surface area contributed by atoms with Gasteiger partial charge in [0.1, 0.15) is 12.6 Å². The number of benzene rings is 3. The molecule has 0 fully saturated rings. The van der Waals surface area contributed by atoms with E-state index in [0.29, 0.717) is 0 Å². The van der Waals surface area contributed by atoms with Crippen molar-refractivity contribution < 1.29 is 18.0 Å². The molecular formula is C29H32Cl3N3O4S. The van der Waals surface area contributed by atoms with Crippen LogP contribution < -0.4 is 9.62 Å². The van der Waals surface area contributed by atoms with E-state index >= 15 is 0 Å². The van der Waals surface area contributed by atoms with Crippen LogP contribution in [0, 0.1) is 6.92 Å². The Balaban J connectivity index is 2.11. The smallest absolute Gasteiger partial charge is 0.244 e. The van der Waals surface area contributed by atoms with E-state index in [1.165, 1.54) is 17.0 Å². The lowest BCUT2D eigenvalue weighted by Gasteiger charge is -2.34. The number of hydrogen-bond acceptors (Lipinski definition) is 4. The van der Waals surface area contributed by atoms with Gasteiger partial charge in [-0.25, -0.2) is 8.42 Å². The van der Waals surface area contributed by atoms with Gasteiger partial charge in [-0.05, 0) is 49.6 Å². The van der Waals surface area contributed by atoms with E-state index in [1.54, 1.807) is 0 Å². The average Bonchev–Trinajstić information content (AvgIpc) is 2.87. The van der Waals surface area contributed by atoms with Crippen LogP contribution in [0.5, 0.6) is 0 Å². The number of nitrogens with one attached hydrogen (secondary N) is 1. The van der Waals surface area contributed by atoms with Gasteiger partial charge >= 0.3 is 0 Å². The minimum absolute atomic E-state index is 0.00833. The molecule has 0 aromatic heterocycles. The van der Waals surface area contributed by atoms with Gasteiger partial charge in [-0.1, -0.05) is 89.4 Å². The summed E-state index contributed by atoms with van der Waals surface area (Å²) in [5.41, 5.74) is 2.61. The Bertz CT molecular complexity index is 1470. The predicted octanol–water partition coefficient (Wildman–Crippen LogP) is 5.89. The molecule has 7 nitrogen and oxygen atoms in total.